The minimum atomic E-state index is 0.307. The molecule has 0 saturated carbocycles. The van der Waals surface area contributed by atoms with Crippen LogP contribution in [0.1, 0.15) is 48.8 Å². The Morgan fingerprint density at radius 1 is 1.31 bits per heavy atom. The summed E-state index contributed by atoms with van der Waals surface area (Å²) in [6.45, 7) is 6.95. The summed E-state index contributed by atoms with van der Waals surface area (Å²) in [5.41, 5.74) is 4.50. The average molecular weight is 362 g/mol. The summed E-state index contributed by atoms with van der Waals surface area (Å²) in [5, 5.41) is 11.7. The molecule has 0 fully saturated rings. The van der Waals surface area contributed by atoms with E-state index in [4.69, 9.17) is 4.99 Å². The molecule has 1 aromatic carbocycles. The fourth-order valence-corrected chi connectivity index (χ4v) is 5.07. The van der Waals surface area contributed by atoms with E-state index in [1.807, 2.05) is 24.5 Å². The third-order valence-corrected chi connectivity index (χ3v) is 6.69. The van der Waals surface area contributed by atoms with Crippen molar-refractivity contribution in [2.24, 2.45) is 16.3 Å². The van der Waals surface area contributed by atoms with E-state index >= 15 is 0 Å². The van der Waals surface area contributed by atoms with Gasteiger partial charge in [-0.25, -0.2) is 4.99 Å². The van der Waals surface area contributed by atoms with E-state index in [0.717, 1.165) is 46.3 Å². The lowest BCUT2D eigenvalue weighted by atomic mass is 9.72. The molecule has 0 amide bonds. The van der Waals surface area contributed by atoms with Gasteiger partial charge in [-0.2, -0.15) is 5.26 Å². The van der Waals surface area contributed by atoms with Crippen molar-refractivity contribution in [2.75, 3.05) is 0 Å². The Hall–Kier alpha value is -2.38. The van der Waals surface area contributed by atoms with Crippen LogP contribution < -0.4 is 0 Å². The highest BCUT2D eigenvalue weighted by Gasteiger charge is 2.32. The van der Waals surface area contributed by atoms with E-state index in [9.17, 15) is 5.26 Å². The first-order valence-electron chi connectivity index (χ1n) is 9.12. The highest BCUT2D eigenvalue weighted by molar-refractivity contribution is 7.16. The van der Waals surface area contributed by atoms with Crippen LogP contribution in [0, 0.1) is 22.7 Å². The van der Waals surface area contributed by atoms with Gasteiger partial charge < -0.3 is 4.98 Å². The summed E-state index contributed by atoms with van der Waals surface area (Å²) in [4.78, 5) is 9.34. The van der Waals surface area contributed by atoms with Crippen LogP contribution in [0.2, 0.25) is 0 Å². The summed E-state index contributed by atoms with van der Waals surface area (Å²) in [7, 11) is 0. The quantitative estimate of drug-likeness (QED) is 0.559. The summed E-state index contributed by atoms with van der Waals surface area (Å²) in [6, 6.07) is 10.6. The standard InChI is InChI=1S/C22H23N3S/c1-22(2,3)15-8-9-17-18(11-23)21(26-20(17)10-15)25-13-14-12-24-19-7-5-4-6-16(14)19/h4-7,12-13,15,24H,8-10H2,1-3H3/t15-/m0/s1. The number of aromatic amines is 1. The molecule has 4 heteroatoms. The van der Waals surface area contributed by atoms with Crippen LogP contribution in [0.4, 0.5) is 5.00 Å². The van der Waals surface area contributed by atoms with Crippen molar-refractivity contribution in [1.29, 1.82) is 5.26 Å². The van der Waals surface area contributed by atoms with Crippen LogP contribution in [0.25, 0.3) is 10.9 Å². The largest absolute Gasteiger partial charge is 0.361 e. The van der Waals surface area contributed by atoms with Crippen LogP contribution in [0.15, 0.2) is 35.5 Å². The molecule has 1 atom stereocenters. The van der Waals surface area contributed by atoms with Crippen LogP contribution in [0.3, 0.4) is 0 Å². The van der Waals surface area contributed by atoms with Crippen LogP contribution in [-0.4, -0.2) is 11.2 Å². The van der Waals surface area contributed by atoms with Crippen LogP contribution in [-0.2, 0) is 12.8 Å². The SMILES string of the molecule is CC(C)(C)[C@H]1CCc2c(sc(N=Cc3c[nH]c4ccccc34)c2C#N)C1. The Balaban J connectivity index is 1.68. The maximum atomic E-state index is 9.69. The lowest BCUT2D eigenvalue weighted by Crippen LogP contribution is -2.26. The number of para-hydroxylation sites is 1. The highest BCUT2D eigenvalue weighted by Crippen LogP contribution is 2.44. The molecule has 0 spiro atoms. The smallest absolute Gasteiger partial charge is 0.134 e. The molecule has 3 nitrogen and oxygen atoms in total. The molecule has 0 bridgehead atoms. The average Bonchev–Trinajstić information content (AvgIpc) is 3.19. The minimum Gasteiger partial charge on any atom is -0.361 e. The summed E-state index contributed by atoms with van der Waals surface area (Å²) in [6.07, 6.45) is 7.09. The van der Waals surface area contributed by atoms with Gasteiger partial charge in [-0.15, -0.1) is 11.3 Å². The number of H-pyrrole nitrogens is 1. The van der Waals surface area contributed by atoms with Gasteiger partial charge in [0.15, 0.2) is 0 Å². The minimum absolute atomic E-state index is 0.307. The Morgan fingerprint density at radius 2 is 2.12 bits per heavy atom. The van der Waals surface area contributed by atoms with E-state index in [1.54, 1.807) is 11.3 Å². The molecular weight excluding hydrogens is 338 g/mol. The Bertz CT molecular complexity index is 1020. The molecule has 26 heavy (non-hydrogen) atoms. The van der Waals surface area contributed by atoms with Gasteiger partial charge in [0, 0.05) is 33.8 Å². The van der Waals surface area contributed by atoms with Crippen molar-refractivity contribution in [1.82, 2.24) is 4.98 Å². The van der Waals surface area contributed by atoms with Gasteiger partial charge in [-0.05, 0) is 42.2 Å². The van der Waals surface area contributed by atoms with Crippen LogP contribution in [0.5, 0.6) is 0 Å². The molecule has 2 heterocycles. The lowest BCUT2D eigenvalue weighted by molar-refractivity contribution is 0.218. The van der Waals surface area contributed by atoms with Crippen molar-refractivity contribution in [3.8, 4) is 6.07 Å². The number of nitrogens with one attached hydrogen (secondary N) is 1. The summed E-state index contributed by atoms with van der Waals surface area (Å²) in [5.74, 6) is 0.672. The van der Waals surface area contributed by atoms with E-state index in [2.05, 4.69) is 44.0 Å². The Labute approximate surface area is 158 Å². The number of nitriles is 1. The second kappa shape index (κ2) is 6.41. The summed E-state index contributed by atoms with van der Waals surface area (Å²) >= 11 is 1.70. The van der Waals surface area contributed by atoms with Crippen molar-refractivity contribution in [3.63, 3.8) is 0 Å². The van der Waals surface area contributed by atoms with Crippen molar-refractivity contribution in [3.05, 3.63) is 52.0 Å². The predicted octanol–water partition coefficient (Wildman–Crippen LogP) is 6.00. The topological polar surface area (TPSA) is 51.9 Å². The first-order chi connectivity index (χ1) is 12.5. The number of aromatic nitrogens is 1. The molecule has 1 aliphatic rings. The van der Waals surface area contributed by atoms with Gasteiger partial charge in [0.2, 0.25) is 0 Å². The van der Waals surface area contributed by atoms with E-state index < -0.39 is 0 Å². The van der Waals surface area contributed by atoms with Gasteiger partial charge in [-0.3, -0.25) is 0 Å². The Kier molecular flexibility index (Phi) is 4.20. The molecule has 0 saturated heterocycles. The van der Waals surface area contributed by atoms with Crippen molar-refractivity contribution in [2.45, 2.75) is 40.0 Å². The molecule has 3 aromatic rings. The van der Waals surface area contributed by atoms with Crippen molar-refractivity contribution >= 4 is 33.5 Å². The molecule has 1 N–H and O–H groups in total. The molecule has 0 radical (unpaired) electrons. The number of fused-ring (bicyclic) bond motifs is 2. The van der Waals surface area contributed by atoms with E-state index in [0.29, 0.717) is 11.3 Å². The zero-order valence-corrected chi connectivity index (χ0v) is 16.3. The second-order valence-electron chi connectivity index (χ2n) is 8.15. The van der Waals surface area contributed by atoms with E-state index in [1.165, 1.54) is 10.4 Å². The molecule has 1 aliphatic carbocycles. The number of rotatable bonds is 2. The molecular formula is C22H23N3S. The van der Waals surface area contributed by atoms with Gasteiger partial charge >= 0.3 is 0 Å². The van der Waals surface area contributed by atoms with Crippen molar-refractivity contribution < 1.29 is 0 Å². The van der Waals surface area contributed by atoms with Gasteiger partial charge in [-0.1, -0.05) is 39.0 Å². The molecule has 132 valence electrons. The van der Waals surface area contributed by atoms with Gasteiger partial charge in [0.25, 0.3) is 0 Å². The maximum Gasteiger partial charge on any atom is 0.134 e. The number of hydrogen-bond donors (Lipinski definition) is 1. The molecule has 2 aromatic heterocycles. The third-order valence-electron chi connectivity index (χ3n) is 5.53. The number of benzene rings is 1. The highest BCUT2D eigenvalue weighted by atomic mass is 32.1. The summed E-state index contributed by atoms with van der Waals surface area (Å²) < 4.78 is 0. The van der Waals surface area contributed by atoms with Gasteiger partial charge in [0.05, 0.1) is 5.56 Å². The Morgan fingerprint density at radius 3 is 2.88 bits per heavy atom. The first kappa shape index (κ1) is 17.1. The first-order valence-corrected chi connectivity index (χ1v) is 9.94. The fraction of sp³-hybridized carbons (Fsp3) is 0.364. The van der Waals surface area contributed by atoms with E-state index in [-0.39, 0.29) is 0 Å². The number of thiophene rings is 1. The van der Waals surface area contributed by atoms with Gasteiger partial charge in [0.1, 0.15) is 11.1 Å². The zero-order valence-electron chi connectivity index (χ0n) is 15.5. The molecule has 0 aliphatic heterocycles. The second-order valence-corrected chi connectivity index (χ2v) is 9.23. The molecule has 0 unspecified atom stereocenters. The normalized spacial score (nSPS) is 17.5. The number of nitrogens with zero attached hydrogens (tertiary/aromatic N) is 2. The fourth-order valence-electron chi connectivity index (χ4n) is 3.85. The number of aliphatic imine (C=N–C) groups is 1. The van der Waals surface area contributed by atoms with Crippen LogP contribution >= 0.6 is 11.3 Å². The maximum absolute atomic E-state index is 9.69. The predicted molar refractivity (Wildman–Crippen MR) is 110 cm³/mol. The monoisotopic (exact) mass is 361 g/mol. The molecule has 4 rings (SSSR count). The third kappa shape index (κ3) is 2.97. The lowest BCUT2D eigenvalue weighted by Gasteiger charge is -2.33. The zero-order chi connectivity index (χ0) is 18.3. The number of hydrogen-bond acceptors (Lipinski definition) is 3.